The van der Waals surface area contributed by atoms with Gasteiger partial charge < -0.3 is 15.1 Å². The van der Waals surface area contributed by atoms with Crippen molar-refractivity contribution < 1.29 is 23.4 Å². The van der Waals surface area contributed by atoms with Gasteiger partial charge in [-0.2, -0.15) is 0 Å². The number of pyridine rings is 1. The molecule has 0 spiro atoms. The Labute approximate surface area is 172 Å². The molecule has 2 heterocycles. The fourth-order valence-corrected chi connectivity index (χ4v) is 4.84. The molecule has 11 heteroatoms. The second-order valence-corrected chi connectivity index (χ2v) is 9.06. The molecule has 0 bridgehead atoms. The predicted molar refractivity (Wildman–Crippen MR) is 106 cm³/mol. The Bertz CT molecular complexity index is 1100. The summed E-state index contributed by atoms with van der Waals surface area (Å²) in [5, 5.41) is 19.7. The van der Waals surface area contributed by atoms with E-state index in [1.165, 1.54) is 35.2 Å². The van der Waals surface area contributed by atoms with Gasteiger partial charge in [-0.15, -0.1) is 0 Å². The number of carboxylic acid groups (broad SMARTS) is 1. The molecule has 3 rings (SSSR count). The van der Waals surface area contributed by atoms with Gasteiger partial charge in [-0.25, -0.2) is 17.2 Å². The molecule has 1 fully saturated rings. The van der Waals surface area contributed by atoms with Gasteiger partial charge in [0.25, 0.3) is 10.0 Å². The monoisotopic (exact) mass is 441 g/mol. The van der Waals surface area contributed by atoms with Gasteiger partial charge in [0.2, 0.25) is 0 Å². The number of carbonyl (C=O) groups is 1. The van der Waals surface area contributed by atoms with Crippen LogP contribution in [0.5, 0.6) is 5.75 Å². The molecule has 1 aliphatic rings. The van der Waals surface area contributed by atoms with E-state index >= 15 is 0 Å². The van der Waals surface area contributed by atoms with Gasteiger partial charge in [0.15, 0.2) is 5.75 Å². The van der Waals surface area contributed by atoms with Crippen molar-refractivity contribution in [1.29, 1.82) is 0 Å². The van der Waals surface area contributed by atoms with Crippen LogP contribution in [0, 0.1) is 0 Å². The maximum Gasteiger partial charge on any atom is 0.407 e. The van der Waals surface area contributed by atoms with Gasteiger partial charge in [0.1, 0.15) is 0 Å². The number of nitrogens with zero attached hydrogens (tertiary/aromatic N) is 3. The standard InChI is InChI=1S/C18H20ClN3O6S/c1-12-10-20(7-8-21(12)18(25)26)11-13-5-6-22(17(24)16(13)23)29(27,28)15-4-2-3-14(19)9-15/h2-6,9,12,23H,7-8,10-11H2,1H3,(H,25,26). The summed E-state index contributed by atoms with van der Waals surface area (Å²) in [5.41, 5.74) is -0.789. The van der Waals surface area contributed by atoms with E-state index < -0.39 is 27.4 Å². The van der Waals surface area contributed by atoms with Crippen LogP contribution in [0.2, 0.25) is 5.02 Å². The molecule has 1 atom stereocenters. The molecule has 1 saturated heterocycles. The number of hydrogen-bond donors (Lipinski definition) is 2. The smallest absolute Gasteiger partial charge is 0.407 e. The second-order valence-electron chi connectivity index (χ2n) is 6.81. The van der Waals surface area contributed by atoms with Gasteiger partial charge in [0, 0.05) is 49.0 Å². The summed E-state index contributed by atoms with van der Waals surface area (Å²) < 4.78 is 25.9. The molecular weight excluding hydrogens is 422 g/mol. The number of piperazine rings is 1. The fourth-order valence-electron chi connectivity index (χ4n) is 3.31. The first-order chi connectivity index (χ1) is 13.6. The minimum absolute atomic E-state index is 0.169. The number of aromatic nitrogens is 1. The molecule has 1 unspecified atom stereocenters. The molecular formula is C18H20ClN3O6S. The summed E-state index contributed by atoms with van der Waals surface area (Å²) in [7, 11) is -4.22. The molecule has 1 aliphatic heterocycles. The highest BCUT2D eigenvalue weighted by Gasteiger charge is 2.28. The summed E-state index contributed by atoms with van der Waals surface area (Å²) in [4.78, 5) is 26.7. The van der Waals surface area contributed by atoms with Crippen molar-refractivity contribution in [1.82, 2.24) is 13.8 Å². The maximum absolute atomic E-state index is 12.7. The van der Waals surface area contributed by atoms with Crippen molar-refractivity contribution in [3.05, 3.63) is 57.5 Å². The largest absolute Gasteiger partial charge is 0.503 e. The molecule has 1 aromatic heterocycles. The molecule has 1 amide bonds. The number of halogens is 1. The second kappa shape index (κ2) is 8.05. The third kappa shape index (κ3) is 4.24. The number of hydrogen-bond acceptors (Lipinski definition) is 6. The van der Waals surface area contributed by atoms with Crippen LogP contribution in [0.1, 0.15) is 12.5 Å². The molecule has 0 radical (unpaired) electrons. The third-order valence-corrected chi connectivity index (χ3v) is 6.71. The fraction of sp³-hybridized carbons (Fsp3) is 0.333. The quantitative estimate of drug-likeness (QED) is 0.739. The summed E-state index contributed by atoms with van der Waals surface area (Å²) in [5.74, 6) is -0.661. The lowest BCUT2D eigenvalue weighted by molar-refractivity contribution is 0.0707. The number of rotatable bonds is 4. The van der Waals surface area contributed by atoms with Crippen molar-refractivity contribution >= 4 is 27.7 Å². The summed E-state index contributed by atoms with van der Waals surface area (Å²) in [6.45, 7) is 3.12. The van der Waals surface area contributed by atoms with Gasteiger partial charge in [0.05, 0.1) is 4.90 Å². The van der Waals surface area contributed by atoms with Crippen molar-refractivity contribution in [2.45, 2.75) is 24.4 Å². The van der Waals surface area contributed by atoms with E-state index in [4.69, 9.17) is 16.7 Å². The number of aromatic hydroxyl groups is 1. The minimum Gasteiger partial charge on any atom is -0.503 e. The molecule has 156 valence electrons. The van der Waals surface area contributed by atoms with Crippen LogP contribution in [0.15, 0.2) is 46.2 Å². The Hall–Kier alpha value is -2.56. The SMILES string of the molecule is CC1CN(Cc2ccn(S(=O)(=O)c3cccc(Cl)c3)c(=O)c2O)CCN1C(=O)O. The van der Waals surface area contributed by atoms with Crippen LogP contribution in [0.25, 0.3) is 0 Å². The zero-order valence-corrected chi connectivity index (χ0v) is 17.1. The first kappa shape index (κ1) is 21.2. The topological polar surface area (TPSA) is 120 Å². The molecule has 0 aliphatic carbocycles. The molecule has 0 saturated carbocycles. The first-order valence-electron chi connectivity index (χ1n) is 8.78. The van der Waals surface area contributed by atoms with Crippen molar-refractivity contribution in [2.24, 2.45) is 0 Å². The molecule has 1 aromatic carbocycles. The number of benzene rings is 1. The highest BCUT2D eigenvalue weighted by molar-refractivity contribution is 7.90. The predicted octanol–water partition coefficient (Wildman–Crippen LogP) is 1.63. The third-order valence-electron chi connectivity index (χ3n) is 4.82. The summed E-state index contributed by atoms with van der Waals surface area (Å²) in [6, 6.07) is 6.61. The number of amides is 1. The van der Waals surface area contributed by atoms with E-state index in [1.54, 1.807) is 6.92 Å². The maximum atomic E-state index is 12.7. The lowest BCUT2D eigenvalue weighted by atomic mass is 10.1. The van der Waals surface area contributed by atoms with Crippen LogP contribution < -0.4 is 5.56 Å². The van der Waals surface area contributed by atoms with Crippen molar-refractivity contribution in [3.63, 3.8) is 0 Å². The normalized spacial score (nSPS) is 18.0. The Morgan fingerprint density at radius 1 is 1.28 bits per heavy atom. The molecule has 29 heavy (non-hydrogen) atoms. The van der Waals surface area contributed by atoms with Gasteiger partial charge in [-0.3, -0.25) is 9.69 Å². The van der Waals surface area contributed by atoms with Crippen molar-refractivity contribution in [3.8, 4) is 5.75 Å². The Morgan fingerprint density at radius 3 is 2.62 bits per heavy atom. The van der Waals surface area contributed by atoms with E-state index in [0.717, 1.165) is 6.20 Å². The van der Waals surface area contributed by atoms with Gasteiger partial charge >= 0.3 is 11.7 Å². The minimum atomic E-state index is -4.22. The van der Waals surface area contributed by atoms with E-state index in [2.05, 4.69) is 0 Å². The zero-order valence-electron chi connectivity index (χ0n) is 15.5. The van der Waals surface area contributed by atoms with Crippen LogP contribution >= 0.6 is 11.6 Å². The van der Waals surface area contributed by atoms with Gasteiger partial charge in [-0.05, 0) is 31.2 Å². The Morgan fingerprint density at radius 2 is 2.00 bits per heavy atom. The van der Waals surface area contributed by atoms with Crippen LogP contribution in [0.4, 0.5) is 4.79 Å². The molecule has 2 aromatic rings. The van der Waals surface area contributed by atoms with Crippen LogP contribution in [-0.4, -0.2) is 64.2 Å². The summed E-state index contributed by atoms with van der Waals surface area (Å²) in [6.07, 6.45) is 0.110. The molecule has 2 N–H and O–H groups in total. The highest BCUT2D eigenvalue weighted by Crippen LogP contribution is 2.21. The summed E-state index contributed by atoms with van der Waals surface area (Å²) >= 11 is 5.84. The lowest BCUT2D eigenvalue weighted by Gasteiger charge is -2.38. The van der Waals surface area contributed by atoms with E-state index in [9.17, 15) is 23.1 Å². The van der Waals surface area contributed by atoms with Crippen LogP contribution in [-0.2, 0) is 16.6 Å². The van der Waals surface area contributed by atoms with E-state index in [0.29, 0.717) is 23.6 Å². The van der Waals surface area contributed by atoms with Crippen molar-refractivity contribution in [2.75, 3.05) is 19.6 Å². The Kier molecular flexibility index (Phi) is 5.87. The zero-order chi connectivity index (χ0) is 21.3. The Balaban J connectivity index is 1.85. The lowest BCUT2D eigenvalue weighted by Crippen LogP contribution is -2.53. The average molecular weight is 442 g/mol. The van der Waals surface area contributed by atoms with Gasteiger partial charge in [-0.1, -0.05) is 17.7 Å². The average Bonchev–Trinajstić information content (AvgIpc) is 2.65. The van der Waals surface area contributed by atoms with E-state index in [-0.39, 0.29) is 28.1 Å². The molecule has 9 nitrogen and oxygen atoms in total. The van der Waals surface area contributed by atoms with Crippen LogP contribution in [0.3, 0.4) is 0 Å². The first-order valence-corrected chi connectivity index (χ1v) is 10.6. The van der Waals surface area contributed by atoms with E-state index in [1.807, 2.05) is 4.90 Å². The highest BCUT2D eigenvalue weighted by atomic mass is 35.5.